The second-order valence-corrected chi connectivity index (χ2v) is 8.46. The average Bonchev–Trinajstić information content (AvgIpc) is 3.24. The number of halogens is 1. The lowest BCUT2D eigenvalue weighted by atomic mass is 10.2. The Hall–Kier alpha value is -3.10. The summed E-state index contributed by atoms with van der Waals surface area (Å²) in [5, 5.41) is 4.69. The van der Waals surface area contributed by atoms with Gasteiger partial charge in [-0.3, -0.25) is 5.32 Å². The Labute approximate surface area is 188 Å². The second-order valence-electron chi connectivity index (χ2n) is 7.02. The topological polar surface area (TPSA) is 78.3 Å². The molecule has 7 nitrogen and oxygen atoms in total. The van der Waals surface area contributed by atoms with Gasteiger partial charge >= 0.3 is 6.09 Å². The second kappa shape index (κ2) is 8.56. The van der Waals surface area contributed by atoms with Crippen LogP contribution in [0.1, 0.15) is 17.1 Å². The third-order valence-electron chi connectivity index (χ3n) is 4.94. The maximum atomic E-state index is 12.4. The van der Waals surface area contributed by atoms with E-state index in [4.69, 9.17) is 21.1 Å². The zero-order chi connectivity index (χ0) is 22.1. The number of rotatable bonds is 5. The third kappa shape index (κ3) is 4.35. The van der Waals surface area contributed by atoms with E-state index in [1.54, 1.807) is 19.2 Å². The smallest absolute Gasteiger partial charge is 0.412 e. The van der Waals surface area contributed by atoms with Gasteiger partial charge in [0.2, 0.25) is 0 Å². The highest BCUT2D eigenvalue weighted by Crippen LogP contribution is 2.38. The lowest BCUT2D eigenvalue weighted by Crippen LogP contribution is -2.13. The molecule has 9 heteroatoms. The Morgan fingerprint density at radius 1 is 1.19 bits per heavy atom. The third-order valence-corrected chi connectivity index (χ3v) is 6.29. The molecule has 0 aliphatic carbocycles. The van der Waals surface area contributed by atoms with E-state index in [0.29, 0.717) is 21.5 Å². The van der Waals surface area contributed by atoms with E-state index < -0.39 is 6.09 Å². The van der Waals surface area contributed by atoms with Crippen molar-refractivity contribution in [1.82, 2.24) is 14.5 Å². The lowest BCUT2D eigenvalue weighted by molar-refractivity contribution is 0.155. The highest BCUT2D eigenvalue weighted by molar-refractivity contribution is 7.19. The van der Waals surface area contributed by atoms with Gasteiger partial charge < -0.3 is 14.0 Å². The number of ether oxygens (including phenoxy) is 2. The van der Waals surface area contributed by atoms with Crippen LogP contribution in [0.25, 0.3) is 21.6 Å². The molecule has 160 valence electrons. The molecule has 0 bridgehead atoms. The predicted molar refractivity (Wildman–Crippen MR) is 123 cm³/mol. The van der Waals surface area contributed by atoms with Crippen LogP contribution >= 0.6 is 22.9 Å². The minimum absolute atomic E-state index is 0.146. The molecule has 2 heterocycles. The molecule has 1 N–H and O–H groups in total. The molecule has 1 amide bonds. The number of amides is 1. The van der Waals surface area contributed by atoms with E-state index in [-0.39, 0.29) is 6.61 Å². The van der Waals surface area contributed by atoms with Crippen LogP contribution in [0.15, 0.2) is 36.4 Å². The maximum Gasteiger partial charge on any atom is 0.412 e. The fraction of sp³-hybridized carbons (Fsp3) is 0.227. The van der Waals surface area contributed by atoms with Gasteiger partial charge in [-0.05, 0) is 49.7 Å². The molecule has 0 atom stereocenters. The van der Waals surface area contributed by atoms with Gasteiger partial charge in [0.25, 0.3) is 0 Å². The van der Waals surface area contributed by atoms with E-state index in [1.165, 1.54) is 11.3 Å². The first-order valence-corrected chi connectivity index (χ1v) is 10.7. The Bertz CT molecular complexity index is 1280. The number of nitrogens with zero attached hydrogens (tertiary/aromatic N) is 3. The summed E-state index contributed by atoms with van der Waals surface area (Å²) in [6.45, 7) is 3.93. The molecule has 31 heavy (non-hydrogen) atoms. The van der Waals surface area contributed by atoms with E-state index >= 15 is 0 Å². The fourth-order valence-corrected chi connectivity index (χ4v) is 4.35. The largest absolute Gasteiger partial charge is 0.496 e. The molecule has 0 radical (unpaired) electrons. The van der Waals surface area contributed by atoms with Crippen LogP contribution < -0.4 is 10.1 Å². The lowest BCUT2D eigenvalue weighted by Gasteiger charge is -2.07. The number of thiazole rings is 1. The van der Waals surface area contributed by atoms with Crippen molar-refractivity contribution < 1.29 is 14.3 Å². The maximum absolute atomic E-state index is 12.4. The Morgan fingerprint density at radius 3 is 2.77 bits per heavy atom. The van der Waals surface area contributed by atoms with Crippen molar-refractivity contribution in [2.45, 2.75) is 20.5 Å². The molecule has 0 saturated heterocycles. The summed E-state index contributed by atoms with van der Waals surface area (Å²) in [6.07, 6.45) is -0.543. The van der Waals surface area contributed by atoms with Crippen LogP contribution in [0.5, 0.6) is 5.75 Å². The number of carbonyl (C=O) groups excluding carboxylic acids is 1. The van der Waals surface area contributed by atoms with Crippen LogP contribution in [0, 0.1) is 13.8 Å². The predicted octanol–water partition coefficient (Wildman–Crippen LogP) is 5.72. The van der Waals surface area contributed by atoms with Gasteiger partial charge in [0.1, 0.15) is 28.2 Å². The SMILES string of the molecule is COc1cc(Cl)ccc1-c1nc(C)c(NC(=O)OCc2ccc3c(c2)nc(C)n3C)s1. The number of nitrogens with one attached hydrogen (secondary N) is 1. The van der Waals surface area contributed by atoms with Crippen molar-refractivity contribution in [3.8, 4) is 16.3 Å². The molecule has 4 aromatic rings. The van der Waals surface area contributed by atoms with E-state index in [1.807, 2.05) is 49.7 Å². The summed E-state index contributed by atoms with van der Waals surface area (Å²) in [4.78, 5) is 21.4. The zero-order valence-corrected chi connectivity index (χ0v) is 19.1. The highest BCUT2D eigenvalue weighted by Gasteiger charge is 2.16. The number of methoxy groups -OCH3 is 1. The summed E-state index contributed by atoms with van der Waals surface area (Å²) >= 11 is 7.38. The quantitative estimate of drug-likeness (QED) is 0.415. The van der Waals surface area contributed by atoms with Gasteiger partial charge in [-0.2, -0.15) is 0 Å². The molecule has 0 spiro atoms. The molecule has 2 aromatic carbocycles. The number of fused-ring (bicyclic) bond motifs is 1. The number of aromatic nitrogens is 3. The monoisotopic (exact) mass is 456 g/mol. The number of aryl methyl sites for hydroxylation is 3. The van der Waals surface area contributed by atoms with Gasteiger partial charge in [-0.1, -0.05) is 29.0 Å². The summed E-state index contributed by atoms with van der Waals surface area (Å²) < 4.78 is 12.8. The van der Waals surface area contributed by atoms with Crippen LogP contribution in [-0.2, 0) is 18.4 Å². The van der Waals surface area contributed by atoms with Crippen molar-refractivity contribution in [3.63, 3.8) is 0 Å². The number of hydrogen-bond donors (Lipinski definition) is 1. The molecule has 0 saturated carbocycles. The van der Waals surface area contributed by atoms with Crippen molar-refractivity contribution in [3.05, 3.63) is 58.5 Å². The number of carbonyl (C=O) groups is 1. The van der Waals surface area contributed by atoms with Crippen LogP contribution in [0.4, 0.5) is 9.80 Å². The van der Waals surface area contributed by atoms with Crippen LogP contribution in [0.2, 0.25) is 5.02 Å². The average molecular weight is 457 g/mol. The van der Waals surface area contributed by atoms with E-state index in [2.05, 4.69) is 15.3 Å². The van der Waals surface area contributed by atoms with Gasteiger partial charge in [0.15, 0.2) is 0 Å². The fourth-order valence-electron chi connectivity index (χ4n) is 3.20. The first-order chi connectivity index (χ1) is 14.9. The number of benzene rings is 2. The Balaban J connectivity index is 1.45. The molecule has 0 fully saturated rings. The first kappa shape index (κ1) is 21.1. The minimum Gasteiger partial charge on any atom is -0.496 e. The number of anilines is 1. The summed E-state index contributed by atoms with van der Waals surface area (Å²) in [7, 11) is 3.55. The molecule has 0 unspecified atom stereocenters. The van der Waals surface area contributed by atoms with Crippen LogP contribution in [0.3, 0.4) is 0 Å². The minimum atomic E-state index is -0.543. The number of hydrogen-bond acceptors (Lipinski definition) is 6. The summed E-state index contributed by atoms with van der Waals surface area (Å²) in [6, 6.07) is 11.2. The number of imidazole rings is 1. The normalized spacial score (nSPS) is 11.0. The Morgan fingerprint density at radius 2 is 2.00 bits per heavy atom. The zero-order valence-electron chi connectivity index (χ0n) is 17.5. The molecule has 0 aliphatic heterocycles. The highest BCUT2D eigenvalue weighted by atomic mass is 35.5. The van der Waals surface area contributed by atoms with Crippen molar-refractivity contribution in [1.29, 1.82) is 0 Å². The first-order valence-electron chi connectivity index (χ1n) is 9.53. The van der Waals surface area contributed by atoms with Gasteiger partial charge in [-0.15, -0.1) is 0 Å². The van der Waals surface area contributed by atoms with Crippen molar-refractivity contribution >= 4 is 45.1 Å². The Kier molecular flexibility index (Phi) is 5.84. The summed E-state index contributed by atoms with van der Waals surface area (Å²) in [5.41, 5.74) is 4.28. The van der Waals surface area contributed by atoms with Gasteiger partial charge in [0, 0.05) is 12.1 Å². The van der Waals surface area contributed by atoms with Crippen molar-refractivity contribution in [2.75, 3.05) is 12.4 Å². The molecule has 4 rings (SSSR count). The van der Waals surface area contributed by atoms with E-state index in [9.17, 15) is 4.79 Å². The summed E-state index contributed by atoms with van der Waals surface area (Å²) in [5.74, 6) is 1.55. The van der Waals surface area contributed by atoms with Gasteiger partial charge in [0.05, 0.1) is 29.4 Å². The van der Waals surface area contributed by atoms with E-state index in [0.717, 1.165) is 33.0 Å². The van der Waals surface area contributed by atoms with Crippen molar-refractivity contribution in [2.24, 2.45) is 7.05 Å². The molecule has 2 aromatic heterocycles. The van der Waals surface area contributed by atoms with Gasteiger partial charge in [-0.25, -0.2) is 14.8 Å². The molecule has 0 aliphatic rings. The van der Waals surface area contributed by atoms with Crippen LogP contribution in [-0.4, -0.2) is 27.7 Å². The standard InChI is InChI=1S/C22H21ClN4O3S/c1-12-20(31-21(24-12)16-7-6-15(23)10-19(16)29-4)26-22(28)30-11-14-5-8-18-17(9-14)25-13(2)27(18)3/h5-10H,11H2,1-4H3,(H,26,28). The molecular formula is C22H21ClN4O3S. The molecular weight excluding hydrogens is 436 g/mol.